The van der Waals surface area contributed by atoms with Crippen molar-refractivity contribution in [2.24, 2.45) is 5.92 Å². The highest BCUT2D eigenvalue weighted by molar-refractivity contribution is 5.97. The maximum absolute atomic E-state index is 12.9. The molecule has 2 atom stereocenters. The van der Waals surface area contributed by atoms with Gasteiger partial charge in [-0.25, -0.2) is 0 Å². The minimum atomic E-state index is 0.227. The first kappa shape index (κ1) is 13.5. The molecule has 1 fully saturated rings. The van der Waals surface area contributed by atoms with Gasteiger partial charge in [0.25, 0.3) is 5.91 Å². The fraction of sp³-hybridized carbons (Fsp3) is 0.588. The number of likely N-dealkylation sites (tertiary alicyclic amines) is 1. The Balaban J connectivity index is 1.87. The van der Waals surface area contributed by atoms with Gasteiger partial charge in [-0.15, -0.1) is 0 Å². The third kappa shape index (κ3) is 2.41. The van der Waals surface area contributed by atoms with Gasteiger partial charge in [-0.3, -0.25) is 4.79 Å². The molecule has 0 saturated carbocycles. The Morgan fingerprint density at radius 1 is 1.35 bits per heavy atom. The molecule has 0 aromatic heterocycles. The Kier molecular flexibility index (Phi) is 3.68. The summed E-state index contributed by atoms with van der Waals surface area (Å²) in [5.41, 5.74) is 3.28. The summed E-state index contributed by atoms with van der Waals surface area (Å²) in [6, 6.07) is 6.45. The van der Waals surface area contributed by atoms with E-state index in [-0.39, 0.29) is 5.91 Å². The number of nitrogens with zero attached hydrogens (tertiary/aromatic N) is 1. The number of nitrogens with one attached hydrogen (secondary N) is 1. The van der Waals surface area contributed by atoms with Crippen molar-refractivity contribution in [3.63, 3.8) is 0 Å². The fourth-order valence-electron chi connectivity index (χ4n) is 3.57. The first-order chi connectivity index (χ1) is 9.66. The van der Waals surface area contributed by atoms with Gasteiger partial charge in [-0.1, -0.05) is 13.0 Å². The number of rotatable bonds is 1. The lowest BCUT2D eigenvalue weighted by Gasteiger charge is -2.37. The molecular weight excluding hydrogens is 248 g/mol. The van der Waals surface area contributed by atoms with Crippen LogP contribution in [0.3, 0.4) is 0 Å². The van der Waals surface area contributed by atoms with Crippen molar-refractivity contribution in [3.05, 3.63) is 29.3 Å². The number of carbonyl (C=O) groups excluding carboxylic acids is 1. The van der Waals surface area contributed by atoms with Crippen molar-refractivity contribution in [2.75, 3.05) is 18.4 Å². The zero-order chi connectivity index (χ0) is 14.1. The van der Waals surface area contributed by atoms with E-state index in [1.54, 1.807) is 0 Å². The minimum Gasteiger partial charge on any atom is -0.385 e. The third-order valence-corrected chi connectivity index (χ3v) is 4.72. The molecule has 1 N–H and O–H groups in total. The highest BCUT2D eigenvalue weighted by atomic mass is 16.2. The lowest BCUT2D eigenvalue weighted by Crippen LogP contribution is -2.44. The molecule has 1 saturated heterocycles. The van der Waals surface area contributed by atoms with E-state index in [0.717, 1.165) is 55.9 Å². The Labute approximate surface area is 121 Å². The fourth-order valence-corrected chi connectivity index (χ4v) is 3.57. The summed E-state index contributed by atoms with van der Waals surface area (Å²) in [4.78, 5) is 15.0. The van der Waals surface area contributed by atoms with Crippen LogP contribution in [0.5, 0.6) is 0 Å². The molecule has 3 nitrogen and oxygen atoms in total. The summed E-state index contributed by atoms with van der Waals surface area (Å²) in [7, 11) is 0. The normalized spacial score (nSPS) is 25.8. The van der Waals surface area contributed by atoms with Gasteiger partial charge in [-0.05, 0) is 56.2 Å². The van der Waals surface area contributed by atoms with E-state index < -0.39 is 0 Å². The SMILES string of the molecule is C[C@H]1CCN(C(=O)c2cccc3c2CCCN3)[C@@H](C)C1. The molecule has 108 valence electrons. The summed E-state index contributed by atoms with van der Waals surface area (Å²) in [5, 5.41) is 3.41. The lowest BCUT2D eigenvalue weighted by molar-refractivity contribution is 0.0587. The van der Waals surface area contributed by atoms with Gasteiger partial charge in [0.2, 0.25) is 0 Å². The molecular formula is C17H24N2O. The highest BCUT2D eigenvalue weighted by Crippen LogP contribution is 2.29. The van der Waals surface area contributed by atoms with Gasteiger partial charge in [-0.2, -0.15) is 0 Å². The van der Waals surface area contributed by atoms with Crippen molar-refractivity contribution in [1.82, 2.24) is 4.90 Å². The van der Waals surface area contributed by atoms with Crippen LogP contribution in [0, 0.1) is 5.92 Å². The Hall–Kier alpha value is -1.51. The molecule has 0 spiro atoms. The van der Waals surface area contributed by atoms with E-state index in [2.05, 4.69) is 30.1 Å². The topological polar surface area (TPSA) is 32.3 Å². The van der Waals surface area contributed by atoms with Gasteiger partial charge in [0, 0.05) is 30.4 Å². The molecule has 2 heterocycles. The van der Waals surface area contributed by atoms with Crippen LogP contribution >= 0.6 is 0 Å². The van der Waals surface area contributed by atoms with E-state index >= 15 is 0 Å². The zero-order valence-corrected chi connectivity index (χ0v) is 12.5. The number of fused-ring (bicyclic) bond motifs is 1. The molecule has 3 heteroatoms. The Morgan fingerprint density at radius 3 is 3.00 bits per heavy atom. The Bertz CT molecular complexity index is 512. The second-order valence-electron chi connectivity index (χ2n) is 6.34. The summed E-state index contributed by atoms with van der Waals surface area (Å²) in [5.74, 6) is 0.963. The smallest absolute Gasteiger partial charge is 0.254 e. The van der Waals surface area contributed by atoms with Crippen LogP contribution in [0.2, 0.25) is 0 Å². The number of piperidine rings is 1. The molecule has 3 rings (SSSR count). The quantitative estimate of drug-likeness (QED) is 0.850. The van der Waals surface area contributed by atoms with Gasteiger partial charge in [0.1, 0.15) is 0 Å². The number of anilines is 1. The van der Waals surface area contributed by atoms with Gasteiger partial charge >= 0.3 is 0 Å². The average molecular weight is 272 g/mol. The molecule has 1 aromatic carbocycles. The molecule has 1 amide bonds. The van der Waals surface area contributed by atoms with Crippen molar-refractivity contribution >= 4 is 11.6 Å². The van der Waals surface area contributed by atoms with Crippen LogP contribution in [0.25, 0.3) is 0 Å². The van der Waals surface area contributed by atoms with Crippen LogP contribution in [-0.2, 0) is 6.42 Å². The van der Waals surface area contributed by atoms with Crippen molar-refractivity contribution in [3.8, 4) is 0 Å². The van der Waals surface area contributed by atoms with Crippen molar-refractivity contribution in [1.29, 1.82) is 0 Å². The third-order valence-electron chi connectivity index (χ3n) is 4.72. The molecule has 2 aliphatic heterocycles. The molecule has 0 radical (unpaired) electrons. The van der Waals surface area contributed by atoms with Crippen LogP contribution in [0.4, 0.5) is 5.69 Å². The summed E-state index contributed by atoms with van der Waals surface area (Å²) in [6.45, 7) is 6.38. The van der Waals surface area contributed by atoms with Gasteiger partial charge in [0.15, 0.2) is 0 Å². The predicted molar refractivity (Wildman–Crippen MR) is 82.1 cm³/mol. The van der Waals surface area contributed by atoms with E-state index in [1.165, 1.54) is 5.56 Å². The number of benzene rings is 1. The maximum Gasteiger partial charge on any atom is 0.254 e. The number of hydrogen-bond donors (Lipinski definition) is 1. The largest absolute Gasteiger partial charge is 0.385 e. The Morgan fingerprint density at radius 2 is 2.20 bits per heavy atom. The highest BCUT2D eigenvalue weighted by Gasteiger charge is 2.29. The van der Waals surface area contributed by atoms with Crippen LogP contribution in [-0.4, -0.2) is 29.9 Å². The zero-order valence-electron chi connectivity index (χ0n) is 12.5. The van der Waals surface area contributed by atoms with Crippen LogP contribution in [0.15, 0.2) is 18.2 Å². The minimum absolute atomic E-state index is 0.227. The van der Waals surface area contributed by atoms with Crippen LogP contribution in [0.1, 0.15) is 49.0 Å². The number of amides is 1. The summed E-state index contributed by atoms with van der Waals surface area (Å²) >= 11 is 0. The van der Waals surface area contributed by atoms with Crippen molar-refractivity contribution in [2.45, 2.75) is 45.6 Å². The molecule has 0 aliphatic carbocycles. The molecule has 2 aliphatic rings. The molecule has 0 bridgehead atoms. The standard InChI is InChI=1S/C17H24N2O/c1-12-8-10-19(13(2)11-12)17(20)15-5-3-7-16-14(15)6-4-9-18-16/h3,5,7,12-13,18H,4,6,8-11H2,1-2H3/t12-,13-/m0/s1. The number of carbonyl (C=O) groups is 1. The van der Waals surface area contributed by atoms with Crippen LogP contribution < -0.4 is 5.32 Å². The van der Waals surface area contributed by atoms with E-state index in [4.69, 9.17) is 0 Å². The second-order valence-corrected chi connectivity index (χ2v) is 6.34. The van der Waals surface area contributed by atoms with E-state index in [9.17, 15) is 4.79 Å². The van der Waals surface area contributed by atoms with Gasteiger partial charge < -0.3 is 10.2 Å². The van der Waals surface area contributed by atoms with E-state index in [1.807, 2.05) is 12.1 Å². The first-order valence-electron chi connectivity index (χ1n) is 7.83. The van der Waals surface area contributed by atoms with Gasteiger partial charge in [0.05, 0.1) is 0 Å². The predicted octanol–water partition coefficient (Wildman–Crippen LogP) is 3.31. The first-order valence-corrected chi connectivity index (χ1v) is 7.83. The van der Waals surface area contributed by atoms with Crippen molar-refractivity contribution < 1.29 is 4.79 Å². The molecule has 20 heavy (non-hydrogen) atoms. The maximum atomic E-state index is 12.9. The van der Waals surface area contributed by atoms with E-state index in [0.29, 0.717) is 6.04 Å². The monoisotopic (exact) mass is 272 g/mol. The summed E-state index contributed by atoms with van der Waals surface area (Å²) < 4.78 is 0. The molecule has 1 aromatic rings. The lowest BCUT2D eigenvalue weighted by atomic mass is 9.91. The average Bonchev–Trinajstić information content (AvgIpc) is 2.46. The molecule has 0 unspecified atom stereocenters. The summed E-state index contributed by atoms with van der Waals surface area (Å²) in [6.07, 6.45) is 4.38. The number of hydrogen-bond acceptors (Lipinski definition) is 2. The second kappa shape index (κ2) is 5.47.